The highest BCUT2D eigenvalue weighted by Gasteiger charge is 1.97. The zero-order valence-corrected chi connectivity index (χ0v) is 5.76. The van der Waals surface area contributed by atoms with Crippen LogP contribution in [0, 0.1) is 6.92 Å². The summed E-state index contributed by atoms with van der Waals surface area (Å²) in [5.74, 6) is 0. The van der Waals surface area contributed by atoms with Crippen LogP contribution in [-0.4, -0.2) is 6.17 Å². The molecular formula is C9H10F. The van der Waals surface area contributed by atoms with Gasteiger partial charge < -0.3 is 0 Å². The third-order valence-electron chi connectivity index (χ3n) is 1.30. The number of rotatable bonds is 2. The molecule has 1 unspecified atom stereocenters. The molecule has 0 fully saturated rings. The molecule has 0 saturated carbocycles. The maximum Gasteiger partial charge on any atom is 0.104 e. The van der Waals surface area contributed by atoms with Gasteiger partial charge in [-0.05, 0) is 12.5 Å². The van der Waals surface area contributed by atoms with Crippen LogP contribution in [-0.2, 0) is 6.42 Å². The molecule has 0 heterocycles. The van der Waals surface area contributed by atoms with Crippen molar-refractivity contribution in [3.63, 3.8) is 0 Å². The summed E-state index contributed by atoms with van der Waals surface area (Å²) in [6.45, 7) is 3.27. The number of hydrogen-bond acceptors (Lipinski definition) is 0. The smallest absolute Gasteiger partial charge is 0.104 e. The number of hydrogen-bond donors (Lipinski definition) is 0. The zero-order chi connectivity index (χ0) is 7.40. The van der Waals surface area contributed by atoms with E-state index in [1.54, 1.807) is 0 Å². The Morgan fingerprint density at radius 2 is 1.90 bits per heavy atom. The number of alkyl halides is 1. The fraction of sp³-hybridized carbons (Fsp3) is 0.222. The highest BCUT2D eigenvalue weighted by Crippen LogP contribution is 2.03. The second-order valence-electron chi connectivity index (χ2n) is 2.29. The average molecular weight is 137 g/mol. The van der Waals surface area contributed by atoms with Crippen molar-refractivity contribution in [2.24, 2.45) is 0 Å². The van der Waals surface area contributed by atoms with E-state index in [9.17, 15) is 4.39 Å². The largest absolute Gasteiger partial charge is 0.247 e. The van der Waals surface area contributed by atoms with Crippen molar-refractivity contribution in [1.29, 1.82) is 0 Å². The molecular weight excluding hydrogens is 127 g/mol. The van der Waals surface area contributed by atoms with E-state index in [2.05, 4.69) is 6.92 Å². The molecule has 0 N–H and O–H groups in total. The molecule has 1 rings (SSSR count). The Kier molecular flexibility index (Phi) is 2.43. The molecule has 10 heavy (non-hydrogen) atoms. The van der Waals surface area contributed by atoms with Crippen molar-refractivity contribution >= 4 is 0 Å². The molecule has 1 aromatic carbocycles. The van der Waals surface area contributed by atoms with Gasteiger partial charge in [0, 0.05) is 6.42 Å². The van der Waals surface area contributed by atoms with Gasteiger partial charge in [0.2, 0.25) is 0 Å². The molecule has 0 nitrogen and oxygen atoms in total. The van der Waals surface area contributed by atoms with E-state index in [4.69, 9.17) is 0 Å². The van der Waals surface area contributed by atoms with Crippen LogP contribution in [0.4, 0.5) is 4.39 Å². The lowest BCUT2D eigenvalue weighted by Crippen LogP contribution is -1.97. The molecule has 1 aromatic rings. The van der Waals surface area contributed by atoms with E-state index in [1.165, 1.54) is 0 Å². The van der Waals surface area contributed by atoms with Crippen LogP contribution in [0.2, 0.25) is 0 Å². The van der Waals surface area contributed by atoms with Crippen molar-refractivity contribution in [2.75, 3.05) is 0 Å². The third kappa shape index (κ3) is 2.18. The van der Waals surface area contributed by atoms with E-state index >= 15 is 0 Å². The minimum atomic E-state index is -0.984. The van der Waals surface area contributed by atoms with Crippen LogP contribution in [0.5, 0.6) is 0 Å². The summed E-state index contributed by atoms with van der Waals surface area (Å²) in [4.78, 5) is 0. The monoisotopic (exact) mass is 137 g/mol. The van der Waals surface area contributed by atoms with Gasteiger partial charge in [0.15, 0.2) is 0 Å². The van der Waals surface area contributed by atoms with Crippen LogP contribution < -0.4 is 0 Å². The van der Waals surface area contributed by atoms with E-state index < -0.39 is 6.17 Å². The molecule has 1 heteroatoms. The molecule has 0 amide bonds. The van der Waals surface area contributed by atoms with Crippen molar-refractivity contribution < 1.29 is 4.39 Å². The topological polar surface area (TPSA) is 0 Å². The van der Waals surface area contributed by atoms with Crippen molar-refractivity contribution in [2.45, 2.75) is 12.6 Å². The van der Waals surface area contributed by atoms with Gasteiger partial charge in [-0.25, -0.2) is 4.39 Å². The van der Waals surface area contributed by atoms with Crippen LogP contribution in [0.15, 0.2) is 30.3 Å². The molecule has 0 aromatic heterocycles. The van der Waals surface area contributed by atoms with Crippen LogP contribution in [0.1, 0.15) is 5.56 Å². The Balaban J connectivity index is 2.59. The summed E-state index contributed by atoms with van der Waals surface area (Å²) >= 11 is 0. The quantitative estimate of drug-likeness (QED) is 0.587. The summed E-state index contributed by atoms with van der Waals surface area (Å²) in [5.41, 5.74) is 1.00. The SMILES string of the molecule is [CH2]C(F)Cc1ccccc1. The standard InChI is InChI=1S/C9H10F/c1-8(10)7-9-5-3-2-4-6-9/h2-6,8H,1,7H2. The highest BCUT2D eigenvalue weighted by molar-refractivity contribution is 5.15. The minimum Gasteiger partial charge on any atom is -0.247 e. The molecule has 53 valence electrons. The first-order valence-corrected chi connectivity index (χ1v) is 3.30. The first kappa shape index (κ1) is 7.26. The summed E-state index contributed by atoms with van der Waals surface area (Å²) in [5, 5.41) is 0. The van der Waals surface area contributed by atoms with Gasteiger partial charge in [0.25, 0.3) is 0 Å². The Morgan fingerprint density at radius 3 is 2.40 bits per heavy atom. The minimum absolute atomic E-state index is 0.418. The Morgan fingerprint density at radius 1 is 1.30 bits per heavy atom. The maximum atomic E-state index is 12.3. The van der Waals surface area contributed by atoms with Gasteiger partial charge in [-0.1, -0.05) is 30.3 Å². The second-order valence-corrected chi connectivity index (χ2v) is 2.29. The Bertz CT molecular complexity index is 179. The van der Waals surface area contributed by atoms with Crippen molar-refractivity contribution in [3.8, 4) is 0 Å². The summed E-state index contributed by atoms with van der Waals surface area (Å²) in [6.07, 6.45) is -0.566. The lowest BCUT2D eigenvalue weighted by atomic mass is 10.1. The first-order valence-electron chi connectivity index (χ1n) is 3.30. The van der Waals surface area contributed by atoms with E-state index in [1.807, 2.05) is 30.3 Å². The highest BCUT2D eigenvalue weighted by atomic mass is 19.1. The van der Waals surface area contributed by atoms with Crippen LogP contribution in [0.25, 0.3) is 0 Å². The predicted octanol–water partition coefficient (Wildman–Crippen LogP) is 2.40. The fourth-order valence-corrected chi connectivity index (χ4v) is 0.870. The van der Waals surface area contributed by atoms with Crippen molar-refractivity contribution in [3.05, 3.63) is 42.8 Å². The Labute approximate surface area is 60.7 Å². The zero-order valence-electron chi connectivity index (χ0n) is 5.76. The second kappa shape index (κ2) is 3.35. The lowest BCUT2D eigenvalue weighted by molar-refractivity contribution is 0.395. The fourth-order valence-electron chi connectivity index (χ4n) is 0.870. The molecule has 0 bridgehead atoms. The van der Waals surface area contributed by atoms with Gasteiger partial charge in [0.05, 0.1) is 0 Å². The van der Waals surface area contributed by atoms with Crippen molar-refractivity contribution in [1.82, 2.24) is 0 Å². The van der Waals surface area contributed by atoms with Crippen LogP contribution >= 0.6 is 0 Å². The molecule has 1 radical (unpaired) electrons. The van der Waals surface area contributed by atoms with Gasteiger partial charge in [-0.3, -0.25) is 0 Å². The van der Waals surface area contributed by atoms with Gasteiger partial charge in [0.1, 0.15) is 6.17 Å². The van der Waals surface area contributed by atoms with Crippen LogP contribution in [0.3, 0.4) is 0 Å². The predicted molar refractivity (Wildman–Crippen MR) is 40.4 cm³/mol. The van der Waals surface area contributed by atoms with Gasteiger partial charge in [-0.2, -0.15) is 0 Å². The number of halogens is 1. The first-order chi connectivity index (χ1) is 4.79. The van der Waals surface area contributed by atoms with E-state index in [0.29, 0.717) is 6.42 Å². The molecule has 0 spiro atoms. The summed E-state index contributed by atoms with van der Waals surface area (Å²) < 4.78 is 12.3. The van der Waals surface area contributed by atoms with Gasteiger partial charge >= 0.3 is 0 Å². The molecule has 0 aliphatic heterocycles. The molecule has 0 aliphatic rings. The summed E-state index contributed by atoms with van der Waals surface area (Å²) in [6, 6.07) is 9.52. The third-order valence-corrected chi connectivity index (χ3v) is 1.30. The normalized spacial score (nSPS) is 13.0. The summed E-state index contributed by atoms with van der Waals surface area (Å²) in [7, 11) is 0. The molecule has 0 saturated heterocycles. The lowest BCUT2D eigenvalue weighted by Gasteiger charge is -1.99. The van der Waals surface area contributed by atoms with E-state index in [-0.39, 0.29) is 0 Å². The average Bonchev–Trinajstić information content (AvgIpc) is 1.88. The molecule has 1 atom stereocenters. The molecule has 0 aliphatic carbocycles. The van der Waals surface area contributed by atoms with E-state index in [0.717, 1.165) is 5.56 Å². The number of benzene rings is 1. The maximum absolute atomic E-state index is 12.3. The van der Waals surface area contributed by atoms with Gasteiger partial charge in [-0.15, -0.1) is 0 Å². The Hall–Kier alpha value is -0.850.